The highest BCUT2D eigenvalue weighted by Crippen LogP contribution is 2.20. The molecule has 0 aliphatic heterocycles. The molecule has 1 atom stereocenters. The predicted molar refractivity (Wildman–Crippen MR) is 55.6 cm³/mol. The van der Waals surface area contributed by atoms with Gasteiger partial charge in [0.2, 0.25) is 0 Å². The normalized spacial score (nSPS) is 13.8. The molecule has 2 heteroatoms. The number of thiophene rings is 1. The van der Waals surface area contributed by atoms with Gasteiger partial charge in [0.1, 0.15) is 0 Å². The van der Waals surface area contributed by atoms with Crippen LogP contribution >= 0.6 is 27.3 Å². The fourth-order valence-corrected chi connectivity index (χ4v) is 2.18. The van der Waals surface area contributed by atoms with Crippen molar-refractivity contribution in [1.29, 1.82) is 0 Å². The summed E-state index contributed by atoms with van der Waals surface area (Å²) in [5.41, 5.74) is 0. The minimum atomic E-state index is 0.626. The van der Waals surface area contributed by atoms with E-state index in [0.717, 1.165) is 12.3 Å². The summed E-state index contributed by atoms with van der Waals surface area (Å²) in [6, 6.07) is 4.31. The maximum absolute atomic E-state index is 3.67. The van der Waals surface area contributed by atoms with Gasteiger partial charge in [-0.3, -0.25) is 0 Å². The van der Waals surface area contributed by atoms with E-state index in [1.165, 1.54) is 4.88 Å². The third-order valence-electron chi connectivity index (χ3n) is 1.70. The van der Waals surface area contributed by atoms with Crippen LogP contribution in [0.2, 0.25) is 0 Å². The first-order valence-electron chi connectivity index (χ1n) is 3.86. The van der Waals surface area contributed by atoms with E-state index < -0.39 is 0 Å². The Labute approximate surface area is 80.8 Å². The molecule has 0 radical (unpaired) electrons. The fraction of sp³-hybridized carbons (Fsp3) is 0.556. The molecule has 0 aliphatic rings. The van der Waals surface area contributed by atoms with E-state index in [0.29, 0.717) is 4.83 Å². The first-order chi connectivity index (χ1) is 5.20. The Balaban J connectivity index is 2.43. The van der Waals surface area contributed by atoms with Gasteiger partial charge < -0.3 is 0 Å². The quantitative estimate of drug-likeness (QED) is 0.698. The molecule has 0 amide bonds. The van der Waals surface area contributed by atoms with E-state index in [-0.39, 0.29) is 0 Å². The Kier molecular flexibility index (Phi) is 3.60. The smallest absolute Gasteiger partial charge is 0.0217 e. The van der Waals surface area contributed by atoms with Crippen molar-refractivity contribution in [2.45, 2.75) is 25.1 Å². The van der Waals surface area contributed by atoms with Crippen molar-refractivity contribution in [3.05, 3.63) is 22.4 Å². The molecule has 1 rings (SSSR count). The molecular weight excluding hydrogens is 220 g/mol. The van der Waals surface area contributed by atoms with Crippen LogP contribution < -0.4 is 0 Å². The molecule has 11 heavy (non-hydrogen) atoms. The van der Waals surface area contributed by atoms with Gasteiger partial charge in [0.25, 0.3) is 0 Å². The second kappa shape index (κ2) is 4.27. The molecular formula is C9H13BrS. The van der Waals surface area contributed by atoms with Crippen LogP contribution in [-0.4, -0.2) is 4.83 Å². The monoisotopic (exact) mass is 232 g/mol. The first kappa shape index (κ1) is 9.27. The van der Waals surface area contributed by atoms with Gasteiger partial charge in [0.15, 0.2) is 0 Å². The largest absolute Gasteiger partial charge is 0.149 e. The lowest BCUT2D eigenvalue weighted by molar-refractivity contribution is 0.616. The van der Waals surface area contributed by atoms with Crippen LogP contribution in [0.3, 0.4) is 0 Å². The highest BCUT2D eigenvalue weighted by molar-refractivity contribution is 9.09. The zero-order valence-corrected chi connectivity index (χ0v) is 9.28. The highest BCUT2D eigenvalue weighted by Gasteiger charge is 2.09. The molecule has 0 aromatic carbocycles. The van der Waals surface area contributed by atoms with E-state index in [4.69, 9.17) is 0 Å². The van der Waals surface area contributed by atoms with Crippen molar-refractivity contribution in [1.82, 2.24) is 0 Å². The third-order valence-corrected chi connectivity index (χ3v) is 3.98. The van der Waals surface area contributed by atoms with Crippen LogP contribution in [-0.2, 0) is 6.42 Å². The molecule has 0 N–H and O–H groups in total. The molecule has 0 spiro atoms. The Morgan fingerprint density at radius 2 is 2.27 bits per heavy atom. The van der Waals surface area contributed by atoms with E-state index >= 15 is 0 Å². The summed E-state index contributed by atoms with van der Waals surface area (Å²) in [6.45, 7) is 4.49. The van der Waals surface area contributed by atoms with E-state index in [2.05, 4.69) is 47.3 Å². The molecule has 1 aromatic heterocycles. The highest BCUT2D eigenvalue weighted by atomic mass is 79.9. The van der Waals surface area contributed by atoms with Crippen LogP contribution in [0.25, 0.3) is 0 Å². The summed E-state index contributed by atoms with van der Waals surface area (Å²) in [5.74, 6) is 0.720. The molecule has 0 fully saturated rings. The van der Waals surface area contributed by atoms with Crippen molar-refractivity contribution < 1.29 is 0 Å². The molecule has 0 aliphatic carbocycles. The van der Waals surface area contributed by atoms with Crippen LogP contribution in [0.1, 0.15) is 18.7 Å². The van der Waals surface area contributed by atoms with Gasteiger partial charge >= 0.3 is 0 Å². The van der Waals surface area contributed by atoms with Crippen LogP contribution in [0.15, 0.2) is 17.5 Å². The Morgan fingerprint density at radius 1 is 1.55 bits per heavy atom. The van der Waals surface area contributed by atoms with Gasteiger partial charge in [0, 0.05) is 9.70 Å². The lowest BCUT2D eigenvalue weighted by Crippen LogP contribution is -2.09. The maximum atomic E-state index is 3.67. The van der Waals surface area contributed by atoms with Crippen molar-refractivity contribution in [3.8, 4) is 0 Å². The number of alkyl halides is 1. The molecule has 1 heterocycles. The molecule has 0 nitrogen and oxygen atoms in total. The van der Waals surface area contributed by atoms with Gasteiger partial charge in [-0.05, 0) is 23.8 Å². The second-order valence-corrected chi connectivity index (χ2v) is 5.25. The summed E-state index contributed by atoms with van der Waals surface area (Å²) >= 11 is 5.51. The number of hydrogen-bond donors (Lipinski definition) is 0. The molecule has 0 saturated heterocycles. The van der Waals surface area contributed by atoms with E-state index in [9.17, 15) is 0 Å². The van der Waals surface area contributed by atoms with Crippen LogP contribution in [0.4, 0.5) is 0 Å². The van der Waals surface area contributed by atoms with Gasteiger partial charge in [0.05, 0.1) is 0 Å². The average molecular weight is 233 g/mol. The van der Waals surface area contributed by atoms with Crippen molar-refractivity contribution in [2.24, 2.45) is 5.92 Å². The summed E-state index contributed by atoms with van der Waals surface area (Å²) in [4.78, 5) is 2.10. The number of halogens is 1. The lowest BCUT2D eigenvalue weighted by atomic mass is 10.1. The maximum Gasteiger partial charge on any atom is 0.0217 e. The van der Waals surface area contributed by atoms with E-state index in [1.54, 1.807) is 0 Å². The SMILES string of the molecule is CC(C)C(Br)Cc1cccs1. The third kappa shape index (κ3) is 2.96. The number of hydrogen-bond acceptors (Lipinski definition) is 1. The summed E-state index contributed by atoms with van der Waals surface area (Å²) in [7, 11) is 0. The van der Waals surface area contributed by atoms with Crippen molar-refractivity contribution in [2.75, 3.05) is 0 Å². The molecule has 1 aromatic rings. The molecule has 62 valence electrons. The Morgan fingerprint density at radius 3 is 2.73 bits per heavy atom. The van der Waals surface area contributed by atoms with Crippen LogP contribution in [0, 0.1) is 5.92 Å². The zero-order chi connectivity index (χ0) is 8.27. The van der Waals surface area contributed by atoms with E-state index in [1.807, 2.05) is 11.3 Å². The second-order valence-electron chi connectivity index (χ2n) is 3.04. The lowest BCUT2D eigenvalue weighted by Gasteiger charge is -2.11. The molecule has 0 bridgehead atoms. The van der Waals surface area contributed by atoms with Gasteiger partial charge in [-0.25, -0.2) is 0 Å². The molecule has 1 unspecified atom stereocenters. The van der Waals surface area contributed by atoms with Crippen LogP contribution in [0.5, 0.6) is 0 Å². The topological polar surface area (TPSA) is 0 Å². The standard InChI is InChI=1S/C9H13BrS/c1-7(2)9(10)6-8-4-3-5-11-8/h3-5,7,9H,6H2,1-2H3. The Hall–Kier alpha value is 0.180. The van der Waals surface area contributed by atoms with Gasteiger partial charge in [-0.15, -0.1) is 11.3 Å². The minimum Gasteiger partial charge on any atom is -0.149 e. The molecule has 0 saturated carbocycles. The predicted octanol–water partition coefficient (Wildman–Crippen LogP) is 3.71. The van der Waals surface area contributed by atoms with Crippen molar-refractivity contribution >= 4 is 27.3 Å². The fourth-order valence-electron chi connectivity index (χ4n) is 0.857. The Bertz CT molecular complexity index is 191. The zero-order valence-electron chi connectivity index (χ0n) is 6.88. The summed E-state index contributed by atoms with van der Waals surface area (Å²) in [6.07, 6.45) is 1.16. The average Bonchev–Trinajstić information content (AvgIpc) is 2.39. The minimum absolute atomic E-state index is 0.626. The van der Waals surface area contributed by atoms with Gasteiger partial charge in [-0.1, -0.05) is 35.8 Å². The number of rotatable bonds is 3. The summed E-state index contributed by atoms with van der Waals surface area (Å²) in [5, 5.41) is 2.13. The van der Waals surface area contributed by atoms with Crippen molar-refractivity contribution in [3.63, 3.8) is 0 Å². The summed E-state index contributed by atoms with van der Waals surface area (Å²) < 4.78 is 0. The van der Waals surface area contributed by atoms with Gasteiger partial charge in [-0.2, -0.15) is 0 Å². The first-order valence-corrected chi connectivity index (χ1v) is 5.66.